The normalized spacial score (nSPS) is 15.2. The highest BCUT2D eigenvalue weighted by Gasteiger charge is 2.32. The molecule has 7 N–H and O–H groups in total. The van der Waals surface area contributed by atoms with Gasteiger partial charge in [-0.05, 0) is 17.4 Å². The quantitative estimate of drug-likeness (QED) is 0.215. The third kappa shape index (κ3) is 9.02. The van der Waals surface area contributed by atoms with E-state index in [1.54, 1.807) is 13.8 Å². The zero-order valence-electron chi connectivity index (χ0n) is 21.7. The minimum atomic E-state index is -1.22. The highest BCUT2D eigenvalue weighted by atomic mass is 16.4. The lowest BCUT2D eigenvalue weighted by Gasteiger charge is -2.27. The van der Waals surface area contributed by atoms with E-state index in [1.165, 1.54) is 12.5 Å². The van der Waals surface area contributed by atoms with Gasteiger partial charge in [0.25, 0.3) is 0 Å². The predicted octanol–water partition coefficient (Wildman–Crippen LogP) is 0.763. The fourth-order valence-electron chi connectivity index (χ4n) is 3.71. The maximum atomic E-state index is 13.4. The molecule has 11 nitrogen and oxygen atoms in total. The van der Waals surface area contributed by atoms with Gasteiger partial charge < -0.3 is 31.8 Å². The number of aromatic amines is 1. The van der Waals surface area contributed by atoms with E-state index in [4.69, 9.17) is 5.73 Å². The Labute approximate surface area is 217 Å². The largest absolute Gasteiger partial charge is 0.480 e. The van der Waals surface area contributed by atoms with Gasteiger partial charge >= 0.3 is 5.97 Å². The number of benzene rings is 1. The molecule has 202 valence electrons. The number of hydrogen-bond donors (Lipinski definition) is 6. The van der Waals surface area contributed by atoms with Gasteiger partial charge in [-0.25, -0.2) is 9.78 Å². The van der Waals surface area contributed by atoms with Gasteiger partial charge in [0.15, 0.2) is 0 Å². The number of H-pyrrole nitrogens is 1. The number of hydrogen-bond acceptors (Lipinski definition) is 6. The molecule has 0 saturated heterocycles. The van der Waals surface area contributed by atoms with Crippen molar-refractivity contribution in [3.8, 4) is 0 Å². The molecule has 0 aliphatic carbocycles. The van der Waals surface area contributed by atoms with Crippen LogP contribution in [0.5, 0.6) is 0 Å². The van der Waals surface area contributed by atoms with Crippen LogP contribution < -0.4 is 21.7 Å². The Bertz CT molecular complexity index is 1030. The minimum Gasteiger partial charge on any atom is -0.480 e. The second-order valence-electron chi connectivity index (χ2n) is 9.57. The summed E-state index contributed by atoms with van der Waals surface area (Å²) < 4.78 is 0. The molecule has 1 aromatic heterocycles. The summed E-state index contributed by atoms with van der Waals surface area (Å²) in [4.78, 5) is 57.7. The Hall–Kier alpha value is -3.73. The molecule has 1 aromatic carbocycles. The average Bonchev–Trinajstić information content (AvgIpc) is 3.38. The van der Waals surface area contributed by atoms with Crippen LogP contribution in [0.3, 0.4) is 0 Å². The number of nitrogens with two attached hydrogens (primary N) is 1. The second kappa shape index (κ2) is 14.1. The fourth-order valence-corrected chi connectivity index (χ4v) is 3.71. The van der Waals surface area contributed by atoms with Crippen molar-refractivity contribution >= 4 is 23.7 Å². The number of aliphatic carboxylic acids is 1. The maximum Gasteiger partial charge on any atom is 0.326 e. The van der Waals surface area contributed by atoms with E-state index in [2.05, 4.69) is 25.9 Å². The van der Waals surface area contributed by atoms with Crippen LogP contribution in [0.25, 0.3) is 0 Å². The molecule has 5 atom stereocenters. The van der Waals surface area contributed by atoms with Crippen molar-refractivity contribution in [1.29, 1.82) is 0 Å². The summed E-state index contributed by atoms with van der Waals surface area (Å²) in [5, 5.41) is 17.5. The SMILES string of the molecule is CCC(C)C(N)C(=O)NC(Cc1ccccc1)C(=O)NC(C(=O)NC(Cc1cnc[nH]1)C(=O)O)C(C)C. The number of aromatic nitrogens is 2. The van der Waals surface area contributed by atoms with Crippen LogP contribution in [0.1, 0.15) is 45.4 Å². The van der Waals surface area contributed by atoms with Crippen molar-refractivity contribution in [2.75, 3.05) is 0 Å². The smallest absolute Gasteiger partial charge is 0.326 e. The van der Waals surface area contributed by atoms with Crippen LogP contribution in [0, 0.1) is 11.8 Å². The molecule has 37 heavy (non-hydrogen) atoms. The Balaban J connectivity index is 2.19. The van der Waals surface area contributed by atoms with Crippen LogP contribution in [0.4, 0.5) is 0 Å². The first-order valence-electron chi connectivity index (χ1n) is 12.4. The highest BCUT2D eigenvalue weighted by Crippen LogP contribution is 2.10. The van der Waals surface area contributed by atoms with Crippen molar-refractivity contribution in [2.24, 2.45) is 17.6 Å². The summed E-state index contributed by atoms with van der Waals surface area (Å²) in [5.41, 5.74) is 7.44. The lowest BCUT2D eigenvalue weighted by Crippen LogP contribution is -2.59. The van der Waals surface area contributed by atoms with E-state index in [0.29, 0.717) is 12.1 Å². The minimum absolute atomic E-state index is 0.0000258. The number of nitrogens with zero attached hydrogens (tertiary/aromatic N) is 1. The number of amides is 3. The summed E-state index contributed by atoms with van der Waals surface area (Å²) in [5.74, 6) is -3.33. The lowest BCUT2D eigenvalue weighted by molar-refractivity contribution is -0.142. The predicted molar refractivity (Wildman–Crippen MR) is 138 cm³/mol. The van der Waals surface area contributed by atoms with E-state index in [9.17, 15) is 24.3 Å². The van der Waals surface area contributed by atoms with Crippen LogP contribution in [0.2, 0.25) is 0 Å². The Morgan fingerprint density at radius 1 is 0.946 bits per heavy atom. The summed E-state index contributed by atoms with van der Waals surface area (Å²) in [7, 11) is 0. The van der Waals surface area contributed by atoms with E-state index in [-0.39, 0.29) is 24.7 Å². The van der Waals surface area contributed by atoms with E-state index in [1.807, 2.05) is 44.2 Å². The van der Waals surface area contributed by atoms with E-state index in [0.717, 1.165) is 5.56 Å². The summed E-state index contributed by atoms with van der Waals surface area (Å²) >= 11 is 0. The number of carbonyl (C=O) groups excluding carboxylic acids is 3. The van der Waals surface area contributed by atoms with Crippen molar-refractivity contribution < 1.29 is 24.3 Å². The number of carboxylic acids is 1. The zero-order valence-corrected chi connectivity index (χ0v) is 21.7. The molecule has 0 aliphatic heterocycles. The molecule has 2 rings (SSSR count). The van der Waals surface area contributed by atoms with Crippen LogP contribution in [-0.4, -0.2) is 62.9 Å². The molecule has 11 heteroatoms. The summed E-state index contributed by atoms with van der Waals surface area (Å²) in [6.45, 7) is 7.25. The van der Waals surface area contributed by atoms with Crippen molar-refractivity contribution in [2.45, 2.75) is 71.1 Å². The van der Waals surface area contributed by atoms with Gasteiger partial charge in [0.05, 0.1) is 12.4 Å². The monoisotopic (exact) mass is 514 g/mol. The summed E-state index contributed by atoms with van der Waals surface area (Å²) in [6, 6.07) is 5.13. The number of rotatable bonds is 14. The Kier molecular flexibility index (Phi) is 11.3. The molecule has 5 unspecified atom stereocenters. The first-order chi connectivity index (χ1) is 17.5. The van der Waals surface area contributed by atoms with Gasteiger partial charge in [-0.3, -0.25) is 14.4 Å². The molecular formula is C26H38N6O5. The number of nitrogens with one attached hydrogen (secondary N) is 4. The van der Waals surface area contributed by atoms with Crippen LogP contribution in [0.15, 0.2) is 42.9 Å². The number of carbonyl (C=O) groups is 4. The Morgan fingerprint density at radius 3 is 2.14 bits per heavy atom. The molecule has 0 spiro atoms. The molecule has 3 amide bonds. The van der Waals surface area contributed by atoms with Crippen molar-refractivity contribution in [1.82, 2.24) is 25.9 Å². The van der Waals surface area contributed by atoms with Crippen molar-refractivity contribution in [3.63, 3.8) is 0 Å². The first-order valence-corrected chi connectivity index (χ1v) is 12.4. The van der Waals surface area contributed by atoms with Gasteiger partial charge in [-0.2, -0.15) is 0 Å². The second-order valence-corrected chi connectivity index (χ2v) is 9.57. The molecular weight excluding hydrogens is 476 g/mol. The molecule has 0 radical (unpaired) electrons. The van der Waals surface area contributed by atoms with Crippen molar-refractivity contribution in [3.05, 3.63) is 54.1 Å². The van der Waals surface area contributed by atoms with Crippen LogP contribution >= 0.6 is 0 Å². The summed E-state index contributed by atoms with van der Waals surface area (Å²) in [6.07, 6.45) is 3.78. The third-order valence-corrected chi connectivity index (χ3v) is 6.32. The van der Waals surface area contributed by atoms with Crippen LogP contribution in [-0.2, 0) is 32.0 Å². The maximum absolute atomic E-state index is 13.4. The standard InChI is InChI=1S/C26H38N6O5/c1-5-16(4)21(27)24(34)30-19(11-17-9-7-6-8-10-17)23(33)32-22(15(2)3)25(35)31-20(26(36)37)12-18-13-28-14-29-18/h6-10,13-16,19-22H,5,11-12,27H2,1-4H3,(H,28,29)(H,30,34)(H,31,35)(H,32,33)(H,36,37). The molecule has 0 bridgehead atoms. The molecule has 0 saturated carbocycles. The molecule has 2 aromatic rings. The highest BCUT2D eigenvalue weighted by molar-refractivity contribution is 5.94. The lowest BCUT2D eigenvalue weighted by atomic mass is 9.97. The average molecular weight is 515 g/mol. The van der Waals surface area contributed by atoms with Gasteiger partial charge in [0.1, 0.15) is 18.1 Å². The topological polar surface area (TPSA) is 179 Å². The number of carboxylic acid groups (broad SMARTS) is 1. The van der Waals surface area contributed by atoms with Gasteiger partial charge in [0.2, 0.25) is 17.7 Å². The third-order valence-electron chi connectivity index (χ3n) is 6.32. The Morgan fingerprint density at radius 2 is 1.59 bits per heavy atom. The zero-order chi connectivity index (χ0) is 27.5. The van der Waals surface area contributed by atoms with Gasteiger partial charge in [-0.15, -0.1) is 0 Å². The van der Waals surface area contributed by atoms with Gasteiger partial charge in [-0.1, -0.05) is 64.4 Å². The molecule has 0 aliphatic rings. The molecule has 1 heterocycles. The first kappa shape index (κ1) is 29.5. The molecule has 0 fully saturated rings. The fraction of sp³-hybridized carbons (Fsp3) is 0.500. The van der Waals surface area contributed by atoms with E-state index >= 15 is 0 Å². The number of imidazole rings is 1. The van der Waals surface area contributed by atoms with E-state index < -0.39 is 47.9 Å². The van der Waals surface area contributed by atoms with Gasteiger partial charge in [0, 0.05) is 24.7 Å².